The first kappa shape index (κ1) is 50.2. The Morgan fingerprint density at radius 3 is 1.64 bits per heavy atom. The molecule has 0 aliphatic heterocycles. The summed E-state index contributed by atoms with van der Waals surface area (Å²) in [5, 5.41) is 7.21. The maximum atomic E-state index is 7.01. The Balaban J connectivity index is 0.833. The fraction of sp³-hybridized carbons (Fsp3) is 0.0370. The van der Waals surface area contributed by atoms with Gasteiger partial charge in [0.25, 0.3) is 0 Å². The average Bonchev–Trinajstić information content (AvgIpc) is 2.10. The lowest BCUT2D eigenvalue weighted by Crippen LogP contribution is -2.16. The van der Waals surface area contributed by atoms with Crippen LogP contribution in [0.25, 0.3) is 118 Å². The Bertz CT molecular complexity index is 5330. The molecule has 0 radical (unpaired) electrons. The largest absolute Gasteiger partial charge is 0.455 e. The number of nitrogens with zero attached hydrogens (tertiary/aromatic N) is 2. The van der Waals surface area contributed by atoms with E-state index in [1.807, 2.05) is 22.7 Å². The minimum atomic E-state index is -0.259. The van der Waals surface area contributed by atoms with Crippen LogP contribution in [0.1, 0.15) is 25.0 Å². The van der Waals surface area contributed by atoms with Crippen molar-refractivity contribution in [3.8, 4) is 55.6 Å². The lowest BCUT2D eigenvalue weighted by atomic mass is 9.81. The first-order valence-electron chi connectivity index (χ1n) is 29.4. The van der Waals surface area contributed by atoms with E-state index in [9.17, 15) is 0 Å². The van der Waals surface area contributed by atoms with Gasteiger partial charge in [-0.2, -0.15) is 0 Å². The van der Waals surface area contributed by atoms with Gasteiger partial charge in [0.1, 0.15) is 11.2 Å². The molecule has 1 aliphatic carbocycles. The number of hydrogen-bond acceptors (Lipinski definition) is 5. The predicted molar refractivity (Wildman–Crippen MR) is 368 cm³/mol. The summed E-state index contributed by atoms with van der Waals surface area (Å²) in [6.07, 6.45) is 0. The summed E-state index contributed by atoms with van der Waals surface area (Å²) in [4.78, 5) is 4.89. The Kier molecular flexibility index (Phi) is 11.6. The van der Waals surface area contributed by atoms with Crippen LogP contribution in [-0.2, 0) is 5.41 Å². The molecule has 406 valence electrons. The van der Waals surface area contributed by atoms with Crippen LogP contribution >= 0.6 is 22.7 Å². The van der Waals surface area contributed by atoms with Crippen LogP contribution in [-0.4, -0.2) is 0 Å². The molecule has 0 bridgehead atoms. The van der Waals surface area contributed by atoms with Gasteiger partial charge in [-0.15, -0.1) is 22.7 Å². The highest BCUT2D eigenvalue weighted by Crippen LogP contribution is 2.53. The molecule has 0 spiro atoms. The van der Waals surface area contributed by atoms with Gasteiger partial charge in [-0.25, -0.2) is 0 Å². The lowest BCUT2D eigenvalue weighted by Gasteiger charge is -2.29. The summed E-state index contributed by atoms with van der Waals surface area (Å²) in [5.74, 6) is 0. The highest BCUT2D eigenvalue weighted by molar-refractivity contribution is 7.26. The molecular weight excluding hydrogens is 1080 g/mol. The Morgan fingerprint density at radius 1 is 0.291 bits per heavy atom. The summed E-state index contributed by atoms with van der Waals surface area (Å²) in [6.45, 7) is 4.78. The van der Waals surface area contributed by atoms with Gasteiger partial charge in [0.15, 0.2) is 0 Å². The van der Waals surface area contributed by atoms with Crippen molar-refractivity contribution in [1.29, 1.82) is 0 Å². The SMILES string of the molecule is CC1(C)c2cc(-c3ccccc3)ccc2-c2ccc(N(c3ccc(-c4ccc5sc6ccccc6c5c4)cc3)c3cc(-c4ccc5c(c4)sc4cccc(N(c6ccccc6)c6cccc(-c7ccccc7)c6)c45)c4oc5ccccc5c4c3)cc21. The van der Waals surface area contributed by atoms with E-state index in [0.717, 1.165) is 67.2 Å². The molecule has 5 heteroatoms. The first-order valence-corrected chi connectivity index (χ1v) is 31.1. The van der Waals surface area contributed by atoms with Gasteiger partial charge in [-0.1, -0.05) is 196 Å². The quantitative estimate of drug-likeness (QED) is 0.136. The first-order chi connectivity index (χ1) is 42.4. The second-order valence-corrected chi connectivity index (χ2v) is 25.4. The van der Waals surface area contributed by atoms with Crippen LogP contribution in [0.2, 0.25) is 0 Å². The van der Waals surface area contributed by atoms with Crippen molar-refractivity contribution in [2.45, 2.75) is 19.3 Å². The Hall–Kier alpha value is -10.3. The van der Waals surface area contributed by atoms with Crippen molar-refractivity contribution >= 4 is 119 Å². The van der Waals surface area contributed by atoms with Crippen LogP contribution in [0.4, 0.5) is 34.1 Å². The van der Waals surface area contributed by atoms with Gasteiger partial charge in [0.2, 0.25) is 0 Å². The van der Waals surface area contributed by atoms with Gasteiger partial charge >= 0.3 is 0 Å². The van der Waals surface area contributed by atoms with Crippen LogP contribution in [0.5, 0.6) is 0 Å². The fourth-order valence-corrected chi connectivity index (χ4v) is 15.9. The molecule has 86 heavy (non-hydrogen) atoms. The summed E-state index contributed by atoms with van der Waals surface area (Å²) >= 11 is 3.70. The molecule has 0 unspecified atom stereocenters. The van der Waals surface area contributed by atoms with E-state index in [1.54, 1.807) is 0 Å². The standard InChI is InChI=1S/C81H54N2OS2/c1-81(2)71-46-56(52-20-8-4-9-21-52)34-40-63(71)64-42-39-61(50-72(64)81)82(59-37-32-53(33-38-59)55-36-43-76-69(45-55)66-27-13-15-30-75(66)85-76)62-48-68(80-70(49-62)65-26-12-14-29-74(65)84-80)57-35-41-67-78(47-57)86-77-31-17-28-73(79(67)77)83(58-23-10-5-11-24-58)60-25-16-22-54(44-60)51-18-6-3-7-19-51/h3-50H,1-2H3. The summed E-state index contributed by atoms with van der Waals surface area (Å²) in [5.41, 5.74) is 22.6. The van der Waals surface area contributed by atoms with E-state index >= 15 is 0 Å². The van der Waals surface area contributed by atoms with Gasteiger partial charge < -0.3 is 14.2 Å². The van der Waals surface area contributed by atoms with E-state index in [0.29, 0.717) is 0 Å². The third-order valence-corrected chi connectivity index (χ3v) is 20.1. The van der Waals surface area contributed by atoms with Crippen LogP contribution in [0, 0.1) is 0 Å². The van der Waals surface area contributed by atoms with E-state index in [1.165, 1.54) is 96.0 Å². The monoisotopic (exact) mass is 1130 g/mol. The van der Waals surface area contributed by atoms with Crippen molar-refractivity contribution in [1.82, 2.24) is 0 Å². The molecule has 0 fully saturated rings. The smallest absolute Gasteiger partial charge is 0.143 e. The van der Waals surface area contributed by atoms with Gasteiger partial charge in [-0.3, -0.25) is 0 Å². The van der Waals surface area contributed by atoms with Gasteiger partial charge in [0, 0.05) is 90.5 Å². The highest BCUT2D eigenvalue weighted by atomic mass is 32.1. The minimum absolute atomic E-state index is 0.259. The predicted octanol–water partition coefficient (Wildman–Crippen LogP) is 24.2. The number of benzene rings is 13. The maximum Gasteiger partial charge on any atom is 0.143 e. The van der Waals surface area contributed by atoms with Crippen molar-refractivity contribution in [2.75, 3.05) is 9.80 Å². The van der Waals surface area contributed by atoms with Crippen LogP contribution in [0.15, 0.2) is 296 Å². The number of para-hydroxylation sites is 2. The van der Waals surface area contributed by atoms with Crippen LogP contribution in [0.3, 0.4) is 0 Å². The highest BCUT2D eigenvalue weighted by Gasteiger charge is 2.37. The zero-order valence-electron chi connectivity index (χ0n) is 47.3. The topological polar surface area (TPSA) is 19.6 Å². The fourth-order valence-electron chi connectivity index (χ4n) is 13.6. The van der Waals surface area contributed by atoms with E-state index < -0.39 is 0 Å². The Labute approximate surface area is 507 Å². The molecule has 0 amide bonds. The van der Waals surface area contributed by atoms with E-state index in [2.05, 4.69) is 315 Å². The molecule has 17 rings (SSSR count). The average molecular weight is 1140 g/mol. The number of hydrogen-bond donors (Lipinski definition) is 0. The molecule has 0 saturated carbocycles. The molecule has 0 saturated heterocycles. The van der Waals surface area contributed by atoms with Crippen molar-refractivity contribution in [3.05, 3.63) is 302 Å². The molecule has 13 aromatic carbocycles. The molecule has 3 heterocycles. The van der Waals surface area contributed by atoms with E-state index in [4.69, 9.17) is 4.42 Å². The maximum absolute atomic E-state index is 7.01. The molecular formula is C81H54N2OS2. The molecule has 1 aliphatic rings. The third kappa shape index (κ3) is 8.22. The Morgan fingerprint density at radius 2 is 0.837 bits per heavy atom. The van der Waals surface area contributed by atoms with Crippen molar-refractivity contribution in [2.24, 2.45) is 0 Å². The second-order valence-electron chi connectivity index (χ2n) is 23.2. The summed E-state index contributed by atoms with van der Waals surface area (Å²) < 4.78 is 12.1. The second kappa shape index (κ2) is 19.9. The van der Waals surface area contributed by atoms with Crippen molar-refractivity contribution < 1.29 is 4.42 Å². The third-order valence-electron chi connectivity index (χ3n) is 17.8. The molecule has 0 N–H and O–H groups in total. The molecule has 3 aromatic heterocycles. The number of anilines is 6. The lowest BCUT2D eigenvalue weighted by molar-refractivity contribution is 0.660. The molecule has 3 nitrogen and oxygen atoms in total. The van der Waals surface area contributed by atoms with Gasteiger partial charge in [0.05, 0.1) is 5.69 Å². The molecule has 16 aromatic rings. The zero-order chi connectivity index (χ0) is 57.0. The number of fused-ring (bicyclic) bond motifs is 12. The molecule has 0 atom stereocenters. The van der Waals surface area contributed by atoms with Gasteiger partial charge in [-0.05, 0) is 170 Å². The van der Waals surface area contributed by atoms with Crippen molar-refractivity contribution in [3.63, 3.8) is 0 Å². The normalized spacial score (nSPS) is 12.6. The minimum Gasteiger partial charge on any atom is -0.455 e. The number of rotatable bonds is 10. The summed E-state index contributed by atoms with van der Waals surface area (Å²) in [6, 6.07) is 107. The number of furan rings is 1. The number of thiophene rings is 2. The summed E-state index contributed by atoms with van der Waals surface area (Å²) in [7, 11) is 0. The van der Waals surface area contributed by atoms with E-state index in [-0.39, 0.29) is 5.41 Å². The zero-order valence-corrected chi connectivity index (χ0v) is 49.0. The van der Waals surface area contributed by atoms with Crippen LogP contribution < -0.4 is 9.80 Å².